The number of nitrogens with one attached hydrogen (secondary N) is 1. The van der Waals surface area contributed by atoms with E-state index in [0.29, 0.717) is 29.1 Å². The van der Waals surface area contributed by atoms with Gasteiger partial charge in [-0.15, -0.1) is 0 Å². The number of ether oxygens (including phenoxy) is 1. The van der Waals surface area contributed by atoms with Crippen molar-refractivity contribution in [2.24, 2.45) is 0 Å². The highest BCUT2D eigenvalue weighted by Crippen LogP contribution is 2.39. The van der Waals surface area contributed by atoms with Crippen molar-refractivity contribution in [3.63, 3.8) is 0 Å². The number of para-hydroxylation sites is 1. The number of hydrogen-bond donors (Lipinski definition) is 1. The number of nitrogens with zero attached hydrogens (tertiary/aromatic N) is 2. The van der Waals surface area contributed by atoms with Gasteiger partial charge in [0.1, 0.15) is 5.75 Å². The molecule has 3 rings (SSSR count). The first-order valence-corrected chi connectivity index (χ1v) is 7.59. The summed E-state index contributed by atoms with van der Waals surface area (Å²) in [5, 5.41) is 7.81. The van der Waals surface area contributed by atoms with Crippen LogP contribution in [0.1, 0.15) is 43.0 Å². The Morgan fingerprint density at radius 2 is 2.29 bits per heavy atom. The van der Waals surface area contributed by atoms with Crippen molar-refractivity contribution >= 4 is 11.6 Å². The molecular formula is C15H18ClN3O2. The van der Waals surface area contributed by atoms with Crippen LogP contribution in [0.4, 0.5) is 0 Å². The molecule has 1 aliphatic carbocycles. The maximum atomic E-state index is 6.22. The molecule has 0 bridgehead atoms. The molecule has 0 spiro atoms. The van der Waals surface area contributed by atoms with Crippen LogP contribution in [-0.4, -0.2) is 16.7 Å². The normalized spacial score (nSPS) is 14.4. The molecule has 2 aromatic rings. The van der Waals surface area contributed by atoms with E-state index in [2.05, 4.69) is 22.4 Å². The van der Waals surface area contributed by atoms with E-state index in [4.69, 9.17) is 20.9 Å². The van der Waals surface area contributed by atoms with E-state index < -0.39 is 0 Å². The SMILES string of the molecule is CCNCc1cccc(Cl)c1OCc1noc(C2CC2)n1. The predicted octanol–water partition coefficient (Wildman–Crippen LogP) is 3.29. The van der Waals surface area contributed by atoms with Crippen molar-refractivity contribution in [1.29, 1.82) is 0 Å². The molecule has 1 aromatic carbocycles. The van der Waals surface area contributed by atoms with Crippen molar-refractivity contribution in [3.8, 4) is 5.75 Å². The first kappa shape index (κ1) is 14.4. The number of halogens is 1. The van der Waals surface area contributed by atoms with Gasteiger partial charge in [-0.25, -0.2) is 0 Å². The minimum absolute atomic E-state index is 0.263. The molecule has 112 valence electrons. The number of benzene rings is 1. The molecule has 1 fully saturated rings. The Morgan fingerprint density at radius 1 is 1.43 bits per heavy atom. The summed E-state index contributed by atoms with van der Waals surface area (Å²) < 4.78 is 11.0. The fourth-order valence-corrected chi connectivity index (χ4v) is 2.32. The minimum atomic E-state index is 0.263. The minimum Gasteiger partial charge on any atom is -0.484 e. The van der Waals surface area contributed by atoms with Crippen molar-refractivity contribution in [1.82, 2.24) is 15.5 Å². The summed E-state index contributed by atoms with van der Waals surface area (Å²) in [6, 6.07) is 5.73. The van der Waals surface area contributed by atoms with Crippen LogP contribution in [0.15, 0.2) is 22.7 Å². The molecular weight excluding hydrogens is 290 g/mol. The van der Waals surface area contributed by atoms with Gasteiger partial charge in [-0.2, -0.15) is 4.98 Å². The van der Waals surface area contributed by atoms with E-state index >= 15 is 0 Å². The predicted molar refractivity (Wildman–Crippen MR) is 79.4 cm³/mol. The molecule has 0 saturated heterocycles. The summed E-state index contributed by atoms with van der Waals surface area (Å²) in [5.41, 5.74) is 1.02. The molecule has 6 heteroatoms. The Morgan fingerprint density at radius 3 is 3.05 bits per heavy atom. The molecule has 1 aromatic heterocycles. The Hall–Kier alpha value is -1.59. The maximum absolute atomic E-state index is 6.22. The standard InChI is InChI=1S/C15H18ClN3O2/c1-2-17-8-11-4-3-5-12(16)14(11)20-9-13-18-15(21-19-13)10-6-7-10/h3-5,10,17H,2,6-9H2,1H3. The molecule has 0 amide bonds. The molecule has 0 aliphatic heterocycles. The van der Waals surface area contributed by atoms with Crippen molar-refractivity contribution in [3.05, 3.63) is 40.5 Å². The monoisotopic (exact) mass is 307 g/mol. The van der Waals surface area contributed by atoms with Crippen LogP contribution in [0.2, 0.25) is 5.02 Å². The van der Waals surface area contributed by atoms with E-state index in [1.54, 1.807) is 0 Å². The Balaban J connectivity index is 1.68. The highest BCUT2D eigenvalue weighted by molar-refractivity contribution is 6.32. The summed E-state index contributed by atoms with van der Waals surface area (Å²) in [6.45, 7) is 3.93. The fourth-order valence-electron chi connectivity index (χ4n) is 2.07. The van der Waals surface area contributed by atoms with Gasteiger partial charge in [-0.05, 0) is 25.5 Å². The summed E-state index contributed by atoms with van der Waals surface area (Å²) in [7, 11) is 0. The third kappa shape index (κ3) is 3.54. The topological polar surface area (TPSA) is 60.2 Å². The number of hydrogen-bond acceptors (Lipinski definition) is 5. The number of aromatic nitrogens is 2. The number of rotatable bonds is 7. The lowest BCUT2D eigenvalue weighted by molar-refractivity contribution is 0.282. The van der Waals surface area contributed by atoms with E-state index in [1.165, 1.54) is 0 Å². The molecule has 1 heterocycles. The van der Waals surface area contributed by atoms with E-state index in [-0.39, 0.29) is 6.61 Å². The average Bonchev–Trinajstić information content (AvgIpc) is 3.23. The Kier molecular flexibility index (Phi) is 4.41. The summed E-state index contributed by atoms with van der Waals surface area (Å²) >= 11 is 6.22. The van der Waals surface area contributed by atoms with Gasteiger partial charge in [0.05, 0.1) is 5.02 Å². The fraction of sp³-hybridized carbons (Fsp3) is 0.467. The van der Waals surface area contributed by atoms with Crippen molar-refractivity contribution in [2.75, 3.05) is 6.54 Å². The molecule has 21 heavy (non-hydrogen) atoms. The summed E-state index contributed by atoms with van der Waals surface area (Å²) in [4.78, 5) is 4.35. The molecule has 1 aliphatic rings. The lowest BCUT2D eigenvalue weighted by Crippen LogP contribution is -2.13. The molecule has 1 saturated carbocycles. The zero-order valence-electron chi connectivity index (χ0n) is 11.9. The van der Waals surface area contributed by atoms with Gasteiger partial charge >= 0.3 is 0 Å². The Labute approximate surface area is 128 Å². The van der Waals surface area contributed by atoms with Crippen molar-refractivity contribution in [2.45, 2.75) is 38.8 Å². The van der Waals surface area contributed by atoms with Crippen LogP contribution in [0, 0.1) is 0 Å². The third-order valence-electron chi connectivity index (χ3n) is 3.37. The van der Waals surface area contributed by atoms with Crippen LogP contribution in [-0.2, 0) is 13.2 Å². The molecule has 0 unspecified atom stereocenters. The van der Waals surface area contributed by atoms with Gasteiger partial charge in [-0.1, -0.05) is 35.8 Å². The molecule has 5 nitrogen and oxygen atoms in total. The second-order valence-electron chi connectivity index (χ2n) is 5.12. The van der Waals surface area contributed by atoms with Crippen LogP contribution in [0.3, 0.4) is 0 Å². The van der Waals surface area contributed by atoms with Gasteiger partial charge in [0, 0.05) is 18.0 Å². The quantitative estimate of drug-likeness (QED) is 0.850. The van der Waals surface area contributed by atoms with E-state index in [9.17, 15) is 0 Å². The average molecular weight is 308 g/mol. The van der Waals surface area contributed by atoms with E-state index in [0.717, 1.165) is 30.8 Å². The molecule has 0 radical (unpaired) electrons. The molecule has 1 N–H and O–H groups in total. The largest absolute Gasteiger partial charge is 0.484 e. The Bertz CT molecular complexity index is 611. The highest BCUT2D eigenvalue weighted by Gasteiger charge is 2.29. The van der Waals surface area contributed by atoms with Gasteiger partial charge in [-0.3, -0.25) is 0 Å². The van der Waals surface area contributed by atoms with Crippen LogP contribution < -0.4 is 10.1 Å². The smallest absolute Gasteiger partial charge is 0.229 e. The highest BCUT2D eigenvalue weighted by atomic mass is 35.5. The van der Waals surface area contributed by atoms with Gasteiger partial charge in [0.2, 0.25) is 11.7 Å². The van der Waals surface area contributed by atoms with Crippen LogP contribution in [0.25, 0.3) is 0 Å². The zero-order valence-corrected chi connectivity index (χ0v) is 12.7. The van der Waals surface area contributed by atoms with Crippen LogP contribution in [0.5, 0.6) is 5.75 Å². The third-order valence-corrected chi connectivity index (χ3v) is 3.67. The first-order chi connectivity index (χ1) is 10.3. The first-order valence-electron chi connectivity index (χ1n) is 7.21. The zero-order chi connectivity index (χ0) is 14.7. The summed E-state index contributed by atoms with van der Waals surface area (Å²) in [5.74, 6) is 2.42. The van der Waals surface area contributed by atoms with Gasteiger partial charge in [0.15, 0.2) is 6.61 Å². The van der Waals surface area contributed by atoms with Gasteiger partial charge in [0.25, 0.3) is 0 Å². The van der Waals surface area contributed by atoms with Crippen molar-refractivity contribution < 1.29 is 9.26 Å². The maximum Gasteiger partial charge on any atom is 0.229 e. The second-order valence-corrected chi connectivity index (χ2v) is 5.53. The van der Waals surface area contributed by atoms with Crippen LogP contribution >= 0.6 is 11.6 Å². The summed E-state index contributed by atoms with van der Waals surface area (Å²) in [6.07, 6.45) is 2.28. The lowest BCUT2D eigenvalue weighted by Gasteiger charge is -2.12. The van der Waals surface area contributed by atoms with Gasteiger partial charge < -0.3 is 14.6 Å². The molecule has 0 atom stereocenters. The lowest BCUT2D eigenvalue weighted by atomic mass is 10.2. The second kappa shape index (κ2) is 6.45. The van der Waals surface area contributed by atoms with E-state index in [1.807, 2.05) is 18.2 Å².